The summed E-state index contributed by atoms with van der Waals surface area (Å²) < 4.78 is 0. The Morgan fingerprint density at radius 3 is 2.00 bits per heavy atom. The lowest BCUT2D eigenvalue weighted by molar-refractivity contribution is -0.111. The van der Waals surface area contributed by atoms with Crippen molar-refractivity contribution in [2.24, 2.45) is 5.73 Å². The van der Waals surface area contributed by atoms with Crippen molar-refractivity contribution in [3.8, 4) is 11.4 Å². The van der Waals surface area contributed by atoms with Crippen molar-refractivity contribution >= 4 is 72.7 Å². The second-order valence-corrected chi connectivity index (χ2v) is 14.1. The van der Waals surface area contributed by atoms with Crippen molar-refractivity contribution < 1.29 is 14.4 Å². The van der Waals surface area contributed by atoms with E-state index in [0.29, 0.717) is 41.7 Å². The van der Waals surface area contributed by atoms with E-state index >= 15 is 0 Å². The van der Waals surface area contributed by atoms with Crippen LogP contribution in [0.15, 0.2) is 36.4 Å². The molecule has 13 heteroatoms. The lowest BCUT2D eigenvalue weighted by atomic mass is 10.0. The number of aromatic nitrogens is 2. The lowest BCUT2D eigenvalue weighted by Gasteiger charge is -2.20. The Morgan fingerprint density at radius 1 is 0.895 bits per heavy atom. The first-order valence-corrected chi connectivity index (χ1v) is 17.8. The standard InChI is InChI=1S/C25H33N5O3S5/c26-18(16-34)25(33)38-36-15-13-28-24(32)22-11-5-9-20(30-22)19-8-4-10-21(29-19)23(31)27-12-14-35-37-17-6-2-1-3-7-17/h4-5,8-11,17-18,34H,1-3,6-7,12-16,26H2,(H,27,31)(H,28,32)/t18-/m0/s1. The van der Waals surface area contributed by atoms with Gasteiger partial charge in [-0.05, 0) is 47.9 Å². The molecule has 38 heavy (non-hydrogen) atoms. The van der Waals surface area contributed by atoms with Gasteiger partial charge in [0.15, 0.2) is 0 Å². The van der Waals surface area contributed by atoms with Gasteiger partial charge >= 0.3 is 0 Å². The number of thiol groups is 1. The summed E-state index contributed by atoms with van der Waals surface area (Å²) in [4.78, 5) is 45.8. The van der Waals surface area contributed by atoms with Crippen LogP contribution in [0.3, 0.4) is 0 Å². The van der Waals surface area contributed by atoms with Crippen LogP contribution < -0.4 is 16.4 Å². The molecule has 0 aliphatic heterocycles. The maximum atomic E-state index is 12.6. The van der Waals surface area contributed by atoms with Gasteiger partial charge < -0.3 is 16.4 Å². The quantitative estimate of drug-likeness (QED) is 0.138. The highest BCUT2D eigenvalue weighted by molar-refractivity contribution is 8.82. The Balaban J connectivity index is 1.44. The molecule has 1 atom stereocenters. The second kappa shape index (κ2) is 17.3. The van der Waals surface area contributed by atoms with Gasteiger partial charge in [-0.3, -0.25) is 14.4 Å². The average Bonchev–Trinajstić information content (AvgIpc) is 2.96. The second-order valence-electron chi connectivity index (χ2n) is 8.52. The Kier molecular flexibility index (Phi) is 14.2. The Hall–Kier alpha value is -1.38. The van der Waals surface area contributed by atoms with Gasteiger partial charge in [-0.2, -0.15) is 12.6 Å². The molecule has 2 aromatic heterocycles. The molecule has 0 bridgehead atoms. The summed E-state index contributed by atoms with van der Waals surface area (Å²) in [6.07, 6.45) is 6.60. The molecule has 0 saturated heterocycles. The maximum Gasteiger partial charge on any atom is 0.269 e. The van der Waals surface area contributed by atoms with Gasteiger partial charge in [0, 0.05) is 35.6 Å². The van der Waals surface area contributed by atoms with Crippen LogP contribution in [0.25, 0.3) is 11.4 Å². The van der Waals surface area contributed by atoms with Crippen molar-refractivity contribution in [1.29, 1.82) is 0 Å². The number of hydrogen-bond acceptors (Lipinski definition) is 11. The van der Waals surface area contributed by atoms with Gasteiger partial charge in [-0.15, -0.1) is 0 Å². The van der Waals surface area contributed by atoms with E-state index in [1.807, 2.05) is 21.6 Å². The number of hydrogen-bond donors (Lipinski definition) is 4. The third-order valence-electron chi connectivity index (χ3n) is 5.56. The van der Waals surface area contributed by atoms with Crippen molar-refractivity contribution in [2.45, 2.75) is 43.4 Å². The van der Waals surface area contributed by atoms with Gasteiger partial charge in [0.05, 0.1) is 17.4 Å². The van der Waals surface area contributed by atoms with Crippen LogP contribution in [0.2, 0.25) is 0 Å². The number of rotatable bonds is 14. The topological polar surface area (TPSA) is 127 Å². The molecular formula is C25H33N5O3S5. The normalized spacial score (nSPS) is 14.6. The highest BCUT2D eigenvalue weighted by atomic mass is 33.1. The van der Waals surface area contributed by atoms with Gasteiger partial charge in [-0.25, -0.2) is 9.97 Å². The molecule has 1 saturated carbocycles. The van der Waals surface area contributed by atoms with Crippen LogP contribution in [-0.4, -0.2) is 68.5 Å². The molecule has 2 amide bonds. The predicted molar refractivity (Wildman–Crippen MR) is 166 cm³/mol. The van der Waals surface area contributed by atoms with Crippen LogP contribution in [-0.2, 0) is 4.79 Å². The number of nitrogens with two attached hydrogens (primary N) is 1. The van der Waals surface area contributed by atoms with E-state index in [1.165, 1.54) is 42.9 Å². The molecule has 1 aliphatic carbocycles. The molecule has 1 fully saturated rings. The number of nitrogens with zero attached hydrogens (tertiary/aromatic N) is 2. The third-order valence-corrected chi connectivity index (χ3v) is 11.2. The number of pyridine rings is 2. The maximum absolute atomic E-state index is 12.6. The van der Waals surface area contributed by atoms with E-state index in [0.717, 1.165) is 21.8 Å². The molecule has 2 heterocycles. The summed E-state index contributed by atoms with van der Waals surface area (Å²) >= 11 is 4.01. The van der Waals surface area contributed by atoms with Gasteiger partial charge in [0.2, 0.25) is 5.12 Å². The van der Waals surface area contributed by atoms with E-state index in [-0.39, 0.29) is 22.6 Å². The molecule has 0 radical (unpaired) electrons. The highest BCUT2D eigenvalue weighted by Crippen LogP contribution is 2.35. The zero-order chi connectivity index (χ0) is 27.2. The zero-order valence-corrected chi connectivity index (χ0v) is 25.1. The lowest BCUT2D eigenvalue weighted by Crippen LogP contribution is -2.29. The van der Waals surface area contributed by atoms with E-state index in [9.17, 15) is 14.4 Å². The zero-order valence-electron chi connectivity index (χ0n) is 21.0. The van der Waals surface area contributed by atoms with Crippen molar-refractivity contribution in [1.82, 2.24) is 20.6 Å². The van der Waals surface area contributed by atoms with E-state index in [2.05, 4.69) is 33.2 Å². The van der Waals surface area contributed by atoms with Crippen LogP contribution in [0.4, 0.5) is 0 Å². The molecule has 1 aliphatic rings. The fourth-order valence-electron chi connectivity index (χ4n) is 3.54. The molecule has 3 rings (SSSR count). The number of carbonyl (C=O) groups excluding carboxylic acids is 3. The van der Waals surface area contributed by atoms with Crippen molar-refractivity contribution in [3.63, 3.8) is 0 Å². The van der Waals surface area contributed by atoms with E-state index < -0.39 is 6.04 Å². The summed E-state index contributed by atoms with van der Waals surface area (Å²) in [6, 6.07) is 9.70. The third kappa shape index (κ3) is 10.6. The number of carbonyl (C=O) groups is 3. The summed E-state index contributed by atoms with van der Waals surface area (Å²) in [5, 5.41) is 6.34. The van der Waals surface area contributed by atoms with Crippen LogP contribution >= 0.6 is 55.8 Å². The van der Waals surface area contributed by atoms with Crippen LogP contribution in [0, 0.1) is 0 Å². The summed E-state index contributed by atoms with van der Waals surface area (Å²) in [6.45, 7) is 0.952. The molecule has 2 aromatic rings. The van der Waals surface area contributed by atoms with Gasteiger partial charge in [-0.1, -0.05) is 63.8 Å². The van der Waals surface area contributed by atoms with E-state index in [4.69, 9.17) is 5.73 Å². The Bertz CT molecular complexity index is 1070. The van der Waals surface area contributed by atoms with Gasteiger partial charge in [0.1, 0.15) is 11.4 Å². The number of nitrogens with one attached hydrogen (secondary N) is 2. The summed E-state index contributed by atoms with van der Waals surface area (Å²) in [5.41, 5.74) is 7.21. The van der Waals surface area contributed by atoms with Gasteiger partial charge in [0.25, 0.3) is 11.8 Å². The van der Waals surface area contributed by atoms with Crippen LogP contribution in [0.1, 0.15) is 53.1 Å². The summed E-state index contributed by atoms with van der Waals surface area (Å²) in [5.74, 6) is 1.13. The molecule has 206 valence electrons. The SMILES string of the molecule is N[C@@H](CS)C(=O)SSCCNC(=O)c1cccc(-c2cccc(C(=O)NCCSSC3CCCCC3)n2)n1. The number of amides is 2. The molecular weight excluding hydrogens is 579 g/mol. The molecule has 0 spiro atoms. The molecule has 0 aromatic carbocycles. The first kappa shape index (κ1) is 31.2. The van der Waals surface area contributed by atoms with Crippen LogP contribution in [0.5, 0.6) is 0 Å². The smallest absolute Gasteiger partial charge is 0.269 e. The van der Waals surface area contributed by atoms with E-state index in [1.54, 1.807) is 36.4 Å². The molecule has 8 nitrogen and oxygen atoms in total. The molecule has 4 N–H and O–H groups in total. The molecule has 0 unspecified atom stereocenters. The monoisotopic (exact) mass is 611 g/mol. The minimum atomic E-state index is -0.593. The summed E-state index contributed by atoms with van der Waals surface area (Å²) in [7, 11) is 6.16. The fraction of sp³-hybridized carbons (Fsp3) is 0.480. The largest absolute Gasteiger partial charge is 0.350 e. The Morgan fingerprint density at radius 2 is 1.45 bits per heavy atom. The minimum Gasteiger partial charge on any atom is -0.350 e. The first-order chi connectivity index (χ1) is 18.5. The fourth-order valence-corrected chi connectivity index (χ4v) is 8.34. The Labute approximate surface area is 245 Å². The average molecular weight is 612 g/mol. The first-order valence-electron chi connectivity index (χ1n) is 12.5. The predicted octanol–water partition coefficient (Wildman–Crippen LogP) is 4.48. The highest BCUT2D eigenvalue weighted by Gasteiger charge is 2.15. The van der Waals surface area contributed by atoms with Crippen molar-refractivity contribution in [2.75, 3.05) is 30.3 Å². The minimum absolute atomic E-state index is 0.137. The van der Waals surface area contributed by atoms with Crippen molar-refractivity contribution in [3.05, 3.63) is 47.8 Å².